The molecule has 0 amide bonds. The second-order valence-corrected chi connectivity index (χ2v) is 14.4. The fourth-order valence-corrected chi connectivity index (χ4v) is 7.23. The molecule has 6 N–H and O–H groups in total. The SMILES string of the molecule is Cc1cc(C)cc(C2=C3N=CC=C3CN2O[C@@H]2[C@@H](Oc3ccc4c(=O)c(-c5ccc(O)cc5)coc4c3)O[C@@H](COC(=O)[C@H](NCCC=O)C(=O)O)[C@H](O)[C@]2(O)CO)c1. The number of ether oxygens (including phenoxy) is 3. The summed E-state index contributed by atoms with van der Waals surface area (Å²) in [6.07, 6.45) is -1.87. The number of phenols is 1. The predicted octanol–water partition coefficient (Wildman–Crippen LogP) is 2.14. The number of carbonyl (C=O) groups is 3. The molecule has 308 valence electrons. The van der Waals surface area contributed by atoms with Crippen LogP contribution in [0.4, 0.5) is 0 Å². The summed E-state index contributed by atoms with van der Waals surface area (Å²) < 4.78 is 23.5. The smallest absolute Gasteiger partial charge is 0.334 e. The third-order valence-corrected chi connectivity index (χ3v) is 10.1. The van der Waals surface area contributed by atoms with Crippen LogP contribution in [0.3, 0.4) is 0 Å². The molecule has 1 saturated heterocycles. The monoisotopic (exact) mass is 811 g/mol. The summed E-state index contributed by atoms with van der Waals surface area (Å²) in [5.74, 6) is -2.80. The van der Waals surface area contributed by atoms with Crippen LogP contribution < -0.4 is 15.5 Å². The standard InChI is InChI=1S/C42H41N3O14/c1-22-14-23(2)16-26(15-22)35-33-25(10-12-44-33)18-45(35)59-38-41(57-28-8-9-29-31(17-28)55-19-30(36(29)49)24-4-6-27(48)7-5-24)58-32(37(50)42(38,54)21-47)20-56-40(53)34(39(51)52)43-11-3-13-46/h4-10,12-17,19,32,34,37-38,41,43,47-48,50,54H,3,11,18,20-21H2,1-2H3,(H,51,52)/t32-,34+,37-,38+,41-,42+/m0/s1. The number of hydroxylamine groups is 2. The Labute approximate surface area is 336 Å². The number of hydrogen-bond acceptors (Lipinski definition) is 16. The molecule has 17 heteroatoms. The van der Waals surface area contributed by atoms with Gasteiger partial charge in [-0.1, -0.05) is 29.3 Å². The van der Waals surface area contributed by atoms with Gasteiger partial charge in [-0.3, -0.25) is 19.9 Å². The Morgan fingerprint density at radius 1 is 1.08 bits per heavy atom. The van der Waals surface area contributed by atoms with Crippen molar-refractivity contribution in [2.24, 2.45) is 4.99 Å². The lowest BCUT2D eigenvalue weighted by Crippen LogP contribution is -2.71. The summed E-state index contributed by atoms with van der Waals surface area (Å²) in [5.41, 5.74) is 2.47. The van der Waals surface area contributed by atoms with E-state index >= 15 is 0 Å². The third kappa shape index (κ3) is 8.24. The number of allylic oxidation sites excluding steroid dienone is 1. The molecule has 4 heterocycles. The molecule has 17 nitrogen and oxygen atoms in total. The molecule has 0 spiro atoms. The van der Waals surface area contributed by atoms with Crippen molar-refractivity contribution in [1.82, 2.24) is 10.4 Å². The van der Waals surface area contributed by atoms with E-state index in [0.717, 1.165) is 22.3 Å². The number of aliphatic hydroxyl groups is 3. The first-order valence-corrected chi connectivity index (χ1v) is 18.6. The van der Waals surface area contributed by atoms with E-state index < -0.39 is 61.4 Å². The highest BCUT2D eigenvalue weighted by molar-refractivity contribution is 5.98. The number of aldehydes is 1. The zero-order valence-electron chi connectivity index (χ0n) is 31.8. The Balaban J connectivity index is 1.23. The average Bonchev–Trinajstić information content (AvgIpc) is 3.80. The Hall–Kier alpha value is -6.21. The van der Waals surface area contributed by atoms with Crippen molar-refractivity contribution in [2.45, 2.75) is 56.5 Å². The van der Waals surface area contributed by atoms with Crippen LogP contribution in [0.15, 0.2) is 98.5 Å². The fraction of sp³-hybridized carbons (Fsp3) is 0.310. The molecule has 59 heavy (non-hydrogen) atoms. The third-order valence-electron chi connectivity index (χ3n) is 10.1. The molecule has 0 unspecified atom stereocenters. The predicted molar refractivity (Wildman–Crippen MR) is 209 cm³/mol. The van der Waals surface area contributed by atoms with Gasteiger partial charge in [-0.15, -0.1) is 0 Å². The van der Waals surface area contributed by atoms with Gasteiger partial charge in [0.1, 0.15) is 48.4 Å². The molecule has 3 aliphatic heterocycles. The number of nitrogens with one attached hydrogen (secondary N) is 1. The van der Waals surface area contributed by atoms with E-state index in [4.69, 9.17) is 23.5 Å². The van der Waals surface area contributed by atoms with Crippen molar-refractivity contribution >= 4 is 41.1 Å². The van der Waals surface area contributed by atoms with E-state index in [9.17, 15) is 44.7 Å². The van der Waals surface area contributed by atoms with E-state index in [2.05, 4.69) is 10.3 Å². The van der Waals surface area contributed by atoms with Gasteiger partial charge in [-0.25, -0.2) is 14.7 Å². The van der Waals surface area contributed by atoms with Gasteiger partial charge in [-0.05, 0) is 61.9 Å². The number of carbonyl (C=O) groups excluding carboxylic acids is 2. The van der Waals surface area contributed by atoms with Crippen molar-refractivity contribution in [3.8, 4) is 22.6 Å². The number of nitrogens with zero attached hydrogens (tertiary/aromatic N) is 2. The lowest BCUT2D eigenvalue weighted by Gasteiger charge is -2.49. The van der Waals surface area contributed by atoms with E-state index in [1.807, 2.05) is 32.0 Å². The number of carboxylic acid groups (broad SMARTS) is 1. The van der Waals surface area contributed by atoms with E-state index in [0.29, 0.717) is 23.2 Å². The number of esters is 1. The van der Waals surface area contributed by atoms with Gasteiger partial charge in [-0.2, -0.15) is 0 Å². The lowest BCUT2D eigenvalue weighted by molar-refractivity contribution is -0.359. The number of aromatic hydroxyl groups is 1. The van der Waals surface area contributed by atoms with Gasteiger partial charge in [0.25, 0.3) is 0 Å². The summed E-state index contributed by atoms with van der Waals surface area (Å²) in [7, 11) is 0. The Morgan fingerprint density at radius 2 is 1.83 bits per heavy atom. The van der Waals surface area contributed by atoms with Gasteiger partial charge in [0.2, 0.25) is 12.3 Å². The fourth-order valence-electron chi connectivity index (χ4n) is 7.23. The second kappa shape index (κ2) is 16.9. The van der Waals surface area contributed by atoms with Crippen LogP contribution in [0.25, 0.3) is 27.8 Å². The molecular formula is C42H41N3O14. The van der Waals surface area contributed by atoms with Crippen LogP contribution in [0.5, 0.6) is 11.5 Å². The zero-order valence-corrected chi connectivity index (χ0v) is 31.8. The van der Waals surface area contributed by atoms with E-state index in [1.54, 1.807) is 24.4 Å². The van der Waals surface area contributed by atoms with Gasteiger partial charge in [0.15, 0.2) is 17.1 Å². The van der Waals surface area contributed by atoms with Crippen LogP contribution in [0.2, 0.25) is 0 Å². The summed E-state index contributed by atoms with van der Waals surface area (Å²) in [4.78, 5) is 60.0. The highest BCUT2D eigenvalue weighted by Crippen LogP contribution is 2.42. The molecule has 1 aromatic heterocycles. The highest BCUT2D eigenvalue weighted by atomic mass is 16.8. The first-order chi connectivity index (χ1) is 28.3. The van der Waals surface area contributed by atoms with Crippen LogP contribution in [0, 0.1) is 13.8 Å². The van der Waals surface area contributed by atoms with Gasteiger partial charge in [0, 0.05) is 36.4 Å². The van der Waals surface area contributed by atoms with E-state index in [-0.39, 0.29) is 53.0 Å². The van der Waals surface area contributed by atoms with Crippen molar-refractivity contribution in [2.75, 3.05) is 26.3 Å². The molecule has 3 aliphatic rings. The number of hydrogen-bond donors (Lipinski definition) is 6. The Kier molecular flexibility index (Phi) is 11.8. The van der Waals surface area contributed by atoms with Crippen molar-refractivity contribution < 1.29 is 63.4 Å². The molecule has 6 atom stereocenters. The lowest BCUT2D eigenvalue weighted by atomic mass is 9.84. The van der Waals surface area contributed by atoms with Crippen molar-refractivity contribution in [1.29, 1.82) is 0 Å². The summed E-state index contributed by atoms with van der Waals surface area (Å²) in [6, 6.07) is 14.3. The number of rotatable bonds is 15. The molecule has 3 aromatic carbocycles. The maximum absolute atomic E-state index is 13.5. The van der Waals surface area contributed by atoms with Crippen LogP contribution in [-0.4, -0.2) is 118 Å². The first-order valence-electron chi connectivity index (χ1n) is 18.6. The normalized spacial score (nSPS) is 22.9. The number of fused-ring (bicyclic) bond motifs is 2. The van der Waals surface area contributed by atoms with E-state index in [1.165, 1.54) is 41.7 Å². The summed E-state index contributed by atoms with van der Waals surface area (Å²) in [6.45, 7) is 1.93. The molecule has 1 fully saturated rings. The largest absolute Gasteiger partial charge is 0.508 e. The zero-order chi connectivity index (χ0) is 42.0. The Morgan fingerprint density at radius 3 is 2.53 bits per heavy atom. The molecule has 0 aliphatic carbocycles. The van der Waals surface area contributed by atoms with Crippen LogP contribution in [0.1, 0.15) is 23.1 Å². The summed E-state index contributed by atoms with van der Waals surface area (Å²) in [5, 5.41) is 57.9. The molecule has 0 radical (unpaired) electrons. The van der Waals surface area contributed by atoms with Gasteiger partial charge >= 0.3 is 11.9 Å². The number of aryl methyl sites for hydroxylation is 2. The minimum atomic E-state index is -2.58. The number of aliphatic carboxylic acids is 1. The Bertz CT molecular complexity index is 2410. The minimum absolute atomic E-state index is 0.0257. The highest BCUT2D eigenvalue weighted by Gasteiger charge is 2.59. The molecule has 4 aromatic rings. The van der Waals surface area contributed by atoms with Gasteiger partial charge in [0.05, 0.1) is 35.5 Å². The molecule has 7 rings (SSSR count). The van der Waals surface area contributed by atoms with Gasteiger partial charge < -0.3 is 49.0 Å². The average molecular weight is 812 g/mol. The van der Waals surface area contributed by atoms with Crippen molar-refractivity contribution in [3.63, 3.8) is 0 Å². The molecule has 0 bridgehead atoms. The van der Waals surface area contributed by atoms with Crippen molar-refractivity contribution in [3.05, 3.63) is 111 Å². The summed E-state index contributed by atoms with van der Waals surface area (Å²) >= 11 is 0. The van der Waals surface area contributed by atoms with Crippen LogP contribution in [-0.2, 0) is 28.7 Å². The number of benzene rings is 3. The number of aliphatic hydroxyl groups excluding tert-OH is 2. The maximum atomic E-state index is 13.5. The minimum Gasteiger partial charge on any atom is -0.508 e. The maximum Gasteiger partial charge on any atom is 0.334 e. The van der Waals surface area contributed by atoms with Crippen LogP contribution >= 0.6 is 0 Å². The number of aliphatic imine (C=N–C) groups is 1. The quantitative estimate of drug-likeness (QED) is 0.0436. The number of carboxylic acids is 1. The second-order valence-electron chi connectivity index (χ2n) is 14.4. The number of phenolic OH excluding ortho intramolecular Hbond substituents is 1. The molecule has 0 saturated carbocycles. The topological polar surface area (TPSA) is 247 Å². The first kappa shape index (κ1) is 41.0. The molecular weight excluding hydrogens is 770 g/mol.